The summed E-state index contributed by atoms with van der Waals surface area (Å²) in [5, 5.41) is 4.61. The van der Waals surface area contributed by atoms with E-state index in [2.05, 4.69) is 44.3 Å². The molecule has 3 aromatic rings. The van der Waals surface area contributed by atoms with Crippen LogP contribution in [0.2, 0.25) is 0 Å². The van der Waals surface area contributed by atoms with Crippen LogP contribution in [0.25, 0.3) is 10.9 Å². The number of hydrogen-bond acceptors (Lipinski definition) is 3. The number of nitrogens with zero attached hydrogens (tertiary/aromatic N) is 1. The third kappa shape index (κ3) is 3.62. The lowest BCUT2D eigenvalue weighted by molar-refractivity contribution is 0.342. The fraction of sp³-hybridized carbons (Fsp3) is 0.250. The molecular formula is C20H23ClN2O. The molecule has 24 heavy (non-hydrogen) atoms. The maximum absolute atomic E-state index is 5.68. The molecule has 0 spiro atoms. The molecule has 0 atom stereocenters. The van der Waals surface area contributed by atoms with Crippen LogP contribution in [0.5, 0.6) is 5.75 Å². The molecule has 0 saturated heterocycles. The van der Waals surface area contributed by atoms with Crippen molar-refractivity contribution in [1.29, 1.82) is 0 Å². The minimum atomic E-state index is 0. The monoisotopic (exact) mass is 342 g/mol. The number of benzene rings is 2. The standard InChI is InChI=1S/C20H22N2O.ClH/c1-5-23-18-9-7-6-8-17(18)21-19-12-14(3)16-11-13(2)10-15(4)20(16)22-19;/h6-12H,5H2,1-4H3,(H,21,22);1H. The number of nitrogens with one attached hydrogen (secondary N) is 1. The van der Waals surface area contributed by atoms with E-state index >= 15 is 0 Å². The van der Waals surface area contributed by atoms with Gasteiger partial charge in [-0.3, -0.25) is 0 Å². The van der Waals surface area contributed by atoms with Crippen LogP contribution < -0.4 is 10.1 Å². The number of fused-ring (bicyclic) bond motifs is 1. The van der Waals surface area contributed by atoms with E-state index in [0.29, 0.717) is 6.61 Å². The molecule has 0 bridgehead atoms. The predicted molar refractivity (Wildman–Crippen MR) is 104 cm³/mol. The molecule has 2 aromatic carbocycles. The van der Waals surface area contributed by atoms with Crippen LogP contribution in [0.15, 0.2) is 42.5 Å². The Hall–Kier alpha value is -2.26. The first-order valence-electron chi connectivity index (χ1n) is 7.96. The van der Waals surface area contributed by atoms with Crippen molar-refractivity contribution >= 4 is 34.8 Å². The molecule has 0 fully saturated rings. The van der Waals surface area contributed by atoms with Gasteiger partial charge in [0.05, 0.1) is 17.8 Å². The minimum Gasteiger partial charge on any atom is -0.492 e. The van der Waals surface area contributed by atoms with Crippen molar-refractivity contribution in [1.82, 2.24) is 4.98 Å². The molecule has 126 valence electrons. The van der Waals surface area contributed by atoms with Crippen LogP contribution in [0.4, 0.5) is 11.5 Å². The van der Waals surface area contributed by atoms with E-state index in [4.69, 9.17) is 9.72 Å². The smallest absolute Gasteiger partial charge is 0.142 e. The molecule has 1 heterocycles. The Balaban J connectivity index is 0.00000208. The fourth-order valence-electron chi connectivity index (χ4n) is 2.90. The lowest BCUT2D eigenvalue weighted by Gasteiger charge is -2.14. The van der Waals surface area contributed by atoms with E-state index < -0.39 is 0 Å². The van der Waals surface area contributed by atoms with Crippen molar-refractivity contribution in [2.45, 2.75) is 27.7 Å². The summed E-state index contributed by atoms with van der Waals surface area (Å²) in [6.07, 6.45) is 0. The Morgan fingerprint density at radius 2 is 1.75 bits per heavy atom. The topological polar surface area (TPSA) is 34.1 Å². The first-order chi connectivity index (χ1) is 11.1. The zero-order valence-electron chi connectivity index (χ0n) is 14.5. The van der Waals surface area contributed by atoms with Gasteiger partial charge in [0.2, 0.25) is 0 Å². The summed E-state index contributed by atoms with van der Waals surface area (Å²) in [6, 6.07) is 14.4. The molecule has 1 aromatic heterocycles. The van der Waals surface area contributed by atoms with Crippen LogP contribution in [0.1, 0.15) is 23.6 Å². The van der Waals surface area contributed by atoms with Gasteiger partial charge in [-0.25, -0.2) is 4.98 Å². The number of halogens is 1. The van der Waals surface area contributed by atoms with Crippen LogP contribution in [0, 0.1) is 20.8 Å². The molecular weight excluding hydrogens is 320 g/mol. The first-order valence-corrected chi connectivity index (χ1v) is 7.96. The normalized spacial score (nSPS) is 10.3. The first kappa shape index (κ1) is 18.1. The molecule has 0 aliphatic carbocycles. The largest absolute Gasteiger partial charge is 0.492 e. The summed E-state index contributed by atoms with van der Waals surface area (Å²) in [5.74, 6) is 1.68. The van der Waals surface area contributed by atoms with E-state index in [1.807, 2.05) is 31.2 Å². The van der Waals surface area contributed by atoms with Crippen molar-refractivity contribution in [3.8, 4) is 5.75 Å². The number of hydrogen-bond donors (Lipinski definition) is 1. The zero-order chi connectivity index (χ0) is 16.4. The quantitative estimate of drug-likeness (QED) is 0.658. The van der Waals surface area contributed by atoms with Crippen molar-refractivity contribution in [2.24, 2.45) is 0 Å². The van der Waals surface area contributed by atoms with Crippen molar-refractivity contribution in [3.63, 3.8) is 0 Å². The van der Waals surface area contributed by atoms with Gasteiger partial charge in [0.1, 0.15) is 11.6 Å². The highest BCUT2D eigenvalue weighted by molar-refractivity contribution is 5.87. The lowest BCUT2D eigenvalue weighted by atomic mass is 10.0. The summed E-state index contributed by atoms with van der Waals surface area (Å²) in [4.78, 5) is 4.81. The number of rotatable bonds is 4. The highest BCUT2D eigenvalue weighted by atomic mass is 35.5. The maximum Gasteiger partial charge on any atom is 0.142 e. The summed E-state index contributed by atoms with van der Waals surface area (Å²) >= 11 is 0. The highest BCUT2D eigenvalue weighted by Gasteiger charge is 2.08. The molecule has 0 saturated carbocycles. The van der Waals surface area contributed by atoms with Gasteiger partial charge >= 0.3 is 0 Å². The zero-order valence-corrected chi connectivity index (χ0v) is 15.3. The highest BCUT2D eigenvalue weighted by Crippen LogP contribution is 2.30. The molecule has 3 nitrogen and oxygen atoms in total. The average molecular weight is 343 g/mol. The molecule has 0 aliphatic rings. The van der Waals surface area contributed by atoms with Gasteiger partial charge in [0.25, 0.3) is 0 Å². The Morgan fingerprint density at radius 1 is 1.00 bits per heavy atom. The number of aromatic nitrogens is 1. The molecule has 0 amide bonds. The maximum atomic E-state index is 5.68. The summed E-state index contributed by atoms with van der Waals surface area (Å²) < 4.78 is 5.68. The molecule has 0 radical (unpaired) electrons. The van der Waals surface area contributed by atoms with Gasteiger partial charge in [-0.2, -0.15) is 0 Å². The van der Waals surface area contributed by atoms with Crippen LogP contribution in [-0.2, 0) is 0 Å². The van der Waals surface area contributed by atoms with Crippen LogP contribution in [-0.4, -0.2) is 11.6 Å². The van der Waals surface area contributed by atoms with Crippen molar-refractivity contribution in [3.05, 3.63) is 59.2 Å². The Kier molecular flexibility index (Phi) is 5.68. The van der Waals surface area contributed by atoms with E-state index in [1.54, 1.807) is 0 Å². The van der Waals surface area contributed by atoms with Gasteiger partial charge in [-0.05, 0) is 63.1 Å². The molecule has 1 N–H and O–H groups in total. The van der Waals surface area contributed by atoms with Crippen LogP contribution >= 0.6 is 12.4 Å². The minimum absolute atomic E-state index is 0. The Bertz CT molecular complexity index is 862. The second-order valence-corrected chi connectivity index (χ2v) is 5.86. The van der Waals surface area contributed by atoms with E-state index in [0.717, 1.165) is 22.8 Å². The summed E-state index contributed by atoms with van der Waals surface area (Å²) in [6.45, 7) is 8.99. The van der Waals surface area contributed by atoms with E-state index in [9.17, 15) is 0 Å². The van der Waals surface area contributed by atoms with Gasteiger partial charge < -0.3 is 10.1 Å². The third-order valence-corrected chi connectivity index (χ3v) is 3.90. The second kappa shape index (κ2) is 7.54. The Labute approximate surface area is 149 Å². The van der Waals surface area contributed by atoms with E-state index in [-0.39, 0.29) is 12.4 Å². The number of para-hydroxylation sites is 2. The number of ether oxygens (including phenoxy) is 1. The fourth-order valence-corrected chi connectivity index (χ4v) is 2.90. The predicted octanol–water partition coefficient (Wildman–Crippen LogP) is 5.72. The molecule has 0 unspecified atom stereocenters. The van der Waals surface area contributed by atoms with Crippen LogP contribution in [0.3, 0.4) is 0 Å². The lowest BCUT2D eigenvalue weighted by Crippen LogP contribution is -2.00. The number of aryl methyl sites for hydroxylation is 3. The molecule has 3 rings (SSSR count). The summed E-state index contributed by atoms with van der Waals surface area (Å²) in [7, 11) is 0. The van der Waals surface area contributed by atoms with Gasteiger partial charge in [-0.1, -0.05) is 23.8 Å². The van der Waals surface area contributed by atoms with Crippen molar-refractivity contribution in [2.75, 3.05) is 11.9 Å². The van der Waals surface area contributed by atoms with Gasteiger partial charge in [-0.15, -0.1) is 12.4 Å². The Morgan fingerprint density at radius 3 is 2.50 bits per heavy atom. The summed E-state index contributed by atoms with van der Waals surface area (Å²) in [5.41, 5.74) is 5.67. The van der Waals surface area contributed by atoms with Crippen molar-refractivity contribution < 1.29 is 4.74 Å². The second-order valence-electron chi connectivity index (χ2n) is 5.86. The average Bonchev–Trinajstić information content (AvgIpc) is 2.51. The molecule has 4 heteroatoms. The third-order valence-electron chi connectivity index (χ3n) is 3.90. The number of anilines is 2. The molecule has 0 aliphatic heterocycles. The van der Waals surface area contributed by atoms with Gasteiger partial charge in [0, 0.05) is 5.39 Å². The number of pyridine rings is 1. The van der Waals surface area contributed by atoms with Gasteiger partial charge in [0.15, 0.2) is 0 Å². The SMILES string of the molecule is CCOc1ccccc1Nc1cc(C)c2cc(C)cc(C)c2n1.Cl. The van der Waals surface area contributed by atoms with E-state index in [1.165, 1.54) is 22.1 Å².